The third-order valence-corrected chi connectivity index (χ3v) is 3.14. The van der Waals surface area contributed by atoms with Crippen molar-refractivity contribution < 1.29 is 14.0 Å². The number of amides is 2. The van der Waals surface area contributed by atoms with Gasteiger partial charge in [0.15, 0.2) is 0 Å². The van der Waals surface area contributed by atoms with Crippen LogP contribution in [0.15, 0.2) is 24.3 Å². The molecule has 0 aliphatic carbocycles. The van der Waals surface area contributed by atoms with Gasteiger partial charge in [-0.15, -0.1) is 0 Å². The van der Waals surface area contributed by atoms with Crippen molar-refractivity contribution >= 4 is 11.8 Å². The van der Waals surface area contributed by atoms with E-state index in [0.29, 0.717) is 13.0 Å². The van der Waals surface area contributed by atoms with Gasteiger partial charge >= 0.3 is 0 Å². The van der Waals surface area contributed by atoms with Crippen molar-refractivity contribution in [2.45, 2.75) is 39.3 Å². The summed E-state index contributed by atoms with van der Waals surface area (Å²) >= 11 is 0. The second-order valence-corrected chi connectivity index (χ2v) is 4.69. The SMILES string of the molecule is CCCC(=O)N(Cc1ccc(F)cc1)C(C)C(=O)NC. The summed E-state index contributed by atoms with van der Waals surface area (Å²) in [6, 6.07) is 5.39. The normalized spacial score (nSPS) is 11.8. The number of benzene rings is 1. The number of carbonyl (C=O) groups is 2. The highest BCUT2D eigenvalue weighted by atomic mass is 19.1. The van der Waals surface area contributed by atoms with Crippen LogP contribution >= 0.6 is 0 Å². The molecule has 1 N–H and O–H groups in total. The molecule has 0 saturated carbocycles. The molecule has 5 heteroatoms. The smallest absolute Gasteiger partial charge is 0.242 e. The van der Waals surface area contributed by atoms with Crippen molar-refractivity contribution in [3.63, 3.8) is 0 Å². The van der Waals surface area contributed by atoms with Crippen LogP contribution in [0.1, 0.15) is 32.3 Å². The zero-order chi connectivity index (χ0) is 15.1. The third-order valence-electron chi connectivity index (χ3n) is 3.14. The number of hydrogen-bond donors (Lipinski definition) is 1. The molecule has 1 unspecified atom stereocenters. The number of nitrogens with zero attached hydrogens (tertiary/aromatic N) is 1. The molecule has 0 bridgehead atoms. The number of carbonyl (C=O) groups excluding carboxylic acids is 2. The van der Waals surface area contributed by atoms with Crippen molar-refractivity contribution in [1.29, 1.82) is 0 Å². The van der Waals surface area contributed by atoms with E-state index in [0.717, 1.165) is 12.0 Å². The first-order chi connectivity index (χ1) is 9.49. The molecule has 0 aliphatic rings. The Bertz CT molecular complexity index is 459. The van der Waals surface area contributed by atoms with E-state index in [2.05, 4.69) is 5.32 Å². The number of halogens is 1. The molecular weight excluding hydrogens is 259 g/mol. The van der Waals surface area contributed by atoms with Crippen LogP contribution in [0, 0.1) is 5.82 Å². The average Bonchev–Trinajstić information content (AvgIpc) is 2.45. The Hall–Kier alpha value is -1.91. The van der Waals surface area contributed by atoms with Gasteiger partial charge in [0.1, 0.15) is 11.9 Å². The van der Waals surface area contributed by atoms with Gasteiger partial charge in [0.05, 0.1) is 0 Å². The summed E-state index contributed by atoms with van der Waals surface area (Å²) in [7, 11) is 1.54. The third kappa shape index (κ3) is 4.33. The minimum Gasteiger partial charge on any atom is -0.357 e. The van der Waals surface area contributed by atoms with Gasteiger partial charge in [0.2, 0.25) is 11.8 Å². The summed E-state index contributed by atoms with van der Waals surface area (Å²) in [5.74, 6) is -0.607. The lowest BCUT2D eigenvalue weighted by molar-refractivity contribution is -0.140. The topological polar surface area (TPSA) is 49.4 Å². The number of rotatable bonds is 6. The molecule has 0 spiro atoms. The maximum Gasteiger partial charge on any atom is 0.242 e. The zero-order valence-electron chi connectivity index (χ0n) is 12.1. The highest BCUT2D eigenvalue weighted by molar-refractivity contribution is 5.87. The Labute approximate surface area is 119 Å². The number of hydrogen-bond acceptors (Lipinski definition) is 2. The predicted molar refractivity (Wildman–Crippen MR) is 75.4 cm³/mol. The Balaban J connectivity index is 2.89. The fourth-order valence-electron chi connectivity index (χ4n) is 1.94. The van der Waals surface area contributed by atoms with Gasteiger partial charge < -0.3 is 10.2 Å². The van der Waals surface area contributed by atoms with Gasteiger partial charge in [0, 0.05) is 20.0 Å². The molecule has 0 fully saturated rings. The minimum absolute atomic E-state index is 0.0760. The van der Waals surface area contributed by atoms with Crippen LogP contribution in [0.2, 0.25) is 0 Å². The van der Waals surface area contributed by atoms with E-state index < -0.39 is 6.04 Å². The lowest BCUT2D eigenvalue weighted by Gasteiger charge is -2.28. The summed E-state index contributed by atoms with van der Waals surface area (Å²) in [5, 5.41) is 2.54. The maximum absolute atomic E-state index is 12.9. The first-order valence-corrected chi connectivity index (χ1v) is 6.75. The van der Waals surface area contributed by atoms with Crippen molar-refractivity contribution in [3.05, 3.63) is 35.6 Å². The second-order valence-electron chi connectivity index (χ2n) is 4.69. The van der Waals surface area contributed by atoms with Gasteiger partial charge in [0.25, 0.3) is 0 Å². The van der Waals surface area contributed by atoms with Gasteiger partial charge in [-0.3, -0.25) is 9.59 Å². The molecule has 1 aromatic carbocycles. The molecule has 0 radical (unpaired) electrons. The van der Waals surface area contributed by atoms with E-state index in [4.69, 9.17) is 0 Å². The fourth-order valence-corrected chi connectivity index (χ4v) is 1.94. The monoisotopic (exact) mass is 280 g/mol. The van der Waals surface area contributed by atoms with Gasteiger partial charge in [-0.1, -0.05) is 19.1 Å². The standard InChI is InChI=1S/C15H21FN2O2/c1-4-5-14(19)18(11(2)15(20)17-3)10-12-6-8-13(16)9-7-12/h6-9,11H,4-5,10H2,1-3H3,(H,17,20). The highest BCUT2D eigenvalue weighted by Gasteiger charge is 2.24. The van der Waals surface area contributed by atoms with Crippen molar-refractivity contribution in [2.24, 2.45) is 0 Å². The molecule has 1 aromatic rings. The molecule has 0 saturated heterocycles. The largest absolute Gasteiger partial charge is 0.357 e. The van der Waals surface area contributed by atoms with Crippen LogP contribution in [-0.2, 0) is 16.1 Å². The quantitative estimate of drug-likeness (QED) is 0.867. The molecule has 0 aromatic heterocycles. The lowest BCUT2D eigenvalue weighted by Crippen LogP contribution is -2.46. The van der Waals surface area contributed by atoms with E-state index in [1.807, 2.05) is 6.92 Å². The average molecular weight is 280 g/mol. The summed E-state index contributed by atoms with van der Waals surface area (Å²) in [5.41, 5.74) is 0.798. The van der Waals surface area contributed by atoms with E-state index in [-0.39, 0.29) is 17.6 Å². The van der Waals surface area contributed by atoms with E-state index in [1.165, 1.54) is 17.0 Å². The second kappa shape index (κ2) is 7.62. The van der Waals surface area contributed by atoms with E-state index in [1.54, 1.807) is 26.1 Å². The van der Waals surface area contributed by atoms with Crippen LogP contribution in [0.5, 0.6) is 0 Å². The molecular formula is C15H21FN2O2. The Kier molecular flexibility index (Phi) is 6.15. The molecule has 2 amide bonds. The fraction of sp³-hybridized carbons (Fsp3) is 0.467. The lowest BCUT2D eigenvalue weighted by atomic mass is 10.1. The van der Waals surface area contributed by atoms with Crippen LogP contribution < -0.4 is 5.32 Å². The predicted octanol–water partition coefficient (Wildman–Crippen LogP) is 2.09. The molecule has 0 aliphatic heterocycles. The van der Waals surface area contributed by atoms with Gasteiger partial charge in [-0.2, -0.15) is 0 Å². The van der Waals surface area contributed by atoms with E-state index >= 15 is 0 Å². The molecule has 4 nitrogen and oxygen atoms in total. The summed E-state index contributed by atoms with van der Waals surface area (Å²) in [4.78, 5) is 25.4. The maximum atomic E-state index is 12.9. The van der Waals surface area contributed by atoms with Gasteiger partial charge in [-0.25, -0.2) is 4.39 Å². The molecule has 0 heterocycles. The first-order valence-electron chi connectivity index (χ1n) is 6.75. The molecule has 110 valence electrons. The van der Waals surface area contributed by atoms with Crippen LogP contribution in [0.3, 0.4) is 0 Å². The molecule has 1 atom stereocenters. The van der Waals surface area contributed by atoms with Crippen molar-refractivity contribution in [2.75, 3.05) is 7.05 Å². The van der Waals surface area contributed by atoms with Crippen LogP contribution in [0.25, 0.3) is 0 Å². The molecule has 1 rings (SSSR count). The highest BCUT2D eigenvalue weighted by Crippen LogP contribution is 2.12. The summed E-state index contributed by atoms with van der Waals surface area (Å²) < 4.78 is 12.9. The van der Waals surface area contributed by atoms with Crippen LogP contribution in [0.4, 0.5) is 4.39 Å². The zero-order valence-corrected chi connectivity index (χ0v) is 12.1. The minimum atomic E-state index is -0.552. The Morgan fingerprint density at radius 2 is 1.90 bits per heavy atom. The van der Waals surface area contributed by atoms with Crippen LogP contribution in [-0.4, -0.2) is 29.8 Å². The Morgan fingerprint density at radius 3 is 2.40 bits per heavy atom. The molecule has 20 heavy (non-hydrogen) atoms. The summed E-state index contributed by atoms with van der Waals surface area (Å²) in [6.45, 7) is 3.90. The van der Waals surface area contributed by atoms with Crippen molar-refractivity contribution in [1.82, 2.24) is 10.2 Å². The summed E-state index contributed by atoms with van der Waals surface area (Å²) in [6.07, 6.45) is 1.11. The Morgan fingerprint density at radius 1 is 1.30 bits per heavy atom. The van der Waals surface area contributed by atoms with E-state index in [9.17, 15) is 14.0 Å². The van der Waals surface area contributed by atoms with Gasteiger partial charge in [-0.05, 0) is 31.0 Å². The number of nitrogens with one attached hydrogen (secondary N) is 1. The van der Waals surface area contributed by atoms with Crippen molar-refractivity contribution in [3.8, 4) is 0 Å². The number of likely N-dealkylation sites (N-methyl/N-ethyl adjacent to an activating group) is 1. The first kappa shape index (κ1) is 16.1.